The molecule has 1 amide bonds. The van der Waals surface area contributed by atoms with Gasteiger partial charge in [0.05, 0.1) is 16.8 Å². The zero-order valence-corrected chi connectivity index (χ0v) is 19.8. The number of aromatic nitrogens is 3. The van der Waals surface area contributed by atoms with Gasteiger partial charge in [0.15, 0.2) is 0 Å². The van der Waals surface area contributed by atoms with Crippen molar-refractivity contribution in [3.63, 3.8) is 0 Å². The molecule has 0 atom stereocenters. The van der Waals surface area contributed by atoms with Gasteiger partial charge in [-0.1, -0.05) is 29.5 Å². The number of pyridine rings is 3. The third-order valence-electron chi connectivity index (χ3n) is 5.15. The maximum Gasteiger partial charge on any atom is 0.257 e. The molecule has 1 aromatic carbocycles. The Kier molecular flexibility index (Phi) is 6.73. The maximum absolute atomic E-state index is 12.9. The SMILES string of the molecule is Cc1ncc(C(=O)Nc2ccc(CN(C)C)c(Cl)c2)cc1C#Cc1cnc(N)c2ncccc12. The molecule has 4 rings (SSSR count). The zero-order chi connectivity index (χ0) is 24.2. The fraction of sp³-hybridized carbons (Fsp3) is 0.154. The summed E-state index contributed by atoms with van der Waals surface area (Å²) in [7, 11) is 3.94. The van der Waals surface area contributed by atoms with Gasteiger partial charge < -0.3 is 16.0 Å². The number of benzene rings is 1. The predicted octanol–water partition coefficient (Wildman–Crippen LogP) is 4.28. The van der Waals surface area contributed by atoms with E-state index in [1.165, 1.54) is 6.20 Å². The molecule has 7 nitrogen and oxygen atoms in total. The first kappa shape index (κ1) is 23.2. The molecule has 0 aliphatic carbocycles. The van der Waals surface area contributed by atoms with Crippen molar-refractivity contribution < 1.29 is 4.79 Å². The number of anilines is 2. The molecule has 8 heteroatoms. The van der Waals surface area contributed by atoms with E-state index in [0.29, 0.717) is 51.0 Å². The fourth-order valence-electron chi connectivity index (χ4n) is 3.41. The Morgan fingerprint density at radius 2 is 1.88 bits per heavy atom. The molecule has 0 saturated carbocycles. The van der Waals surface area contributed by atoms with E-state index in [0.717, 1.165) is 10.9 Å². The van der Waals surface area contributed by atoms with Crippen LogP contribution < -0.4 is 11.1 Å². The van der Waals surface area contributed by atoms with Crippen LogP contribution in [0, 0.1) is 18.8 Å². The Bertz CT molecular complexity index is 1460. The van der Waals surface area contributed by atoms with Crippen molar-refractivity contribution in [1.29, 1.82) is 0 Å². The first-order chi connectivity index (χ1) is 16.3. The second-order valence-corrected chi connectivity index (χ2v) is 8.47. The summed E-state index contributed by atoms with van der Waals surface area (Å²) in [4.78, 5) is 27.7. The largest absolute Gasteiger partial charge is 0.382 e. The van der Waals surface area contributed by atoms with E-state index in [1.54, 1.807) is 24.5 Å². The van der Waals surface area contributed by atoms with Crippen molar-refractivity contribution in [2.24, 2.45) is 0 Å². The van der Waals surface area contributed by atoms with Crippen LogP contribution in [0.3, 0.4) is 0 Å². The number of nitrogen functional groups attached to an aromatic ring is 1. The minimum Gasteiger partial charge on any atom is -0.382 e. The van der Waals surface area contributed by atoms with Crippen molar-refractivity contribution in [3.05, 3.63) is 88.0 Å². The maximum atomic E-state index is 12.9. The molecule has 0 aliphatic rings. The molecule has 4 aromatic rings. The van der Waals surface area contributed by atoms with E-state index in [4.69, 9.17) is 17.3 Å². The lowest BCUT2D eigenvalue weighted by molar-refractivity contribution is 0.102. The third-order valence-corrected chi connectivity index (χ3v) is 5.50. The van der Waals surface area contributed by atoms with E-state index < -0.39 is 0 Å². The van der Waals surface area contributed by atoms with Gasteiger partial charge in [0.25, 0.3) is 5.91 Å². The van der Waals surface area contributed by atoms with E-state index in [1.807, 2.05) is 50.2 Å². The van der Waals surface area contributed by atoms with E-state index in [2.05, 4.69) is 32.1 Å². The van der Waals surface area contributed by atoms with Crippen LogP contribution >= 0.6 is 11.6 Å². The Morgan fingerprint density at radius 1 is 1.09 bits per heavy atom. The number of hydrogen-bond acceptors (Lipinski definition) is 6. The molecule has 3 aromatic heterocycles. The summed E-state index contributed by atoms with van der Waals surface area (Å²) in [6, 6.07) is 10.9. The number of carbonyl (C=O) groups excluding carboxylic acids is 1. The van der Waals surface area contributed by atoms with Gasteiger partial charge in [-0.3, -0.25) is 14.8 Å². The van der Waals surface area contributed by atoms with Crippen LogP contribution in [-0.2, 0) is 6.54 Å². The molecule has 3 heterocycles. The molecule has 0 fully saturated rings. The van der Waals surface area contributed by atoms with Crippen LogP contribution in [-0.4, -0.2) is 39.9 Å². The molecular formula is C26H23ClN6O. The quantitative estimate of drug-likeness (QED) is 0.432. The number of carbonyl (C=O) groups is 1. The molecule has 34 heavy (non-hydrogen) atoms. The molecule has 0 saturated heterocycles. The Balaban J connectivity index is 1.59. The van der Waals surface area contributed by atoms with Crippen LogP contribution in [0.5, 0.6) is 0 Å². The van der Waals surface area contributed by atoms with Gasteiger partial charge in [-0.15, -0.1) is 0 Å². The average Bonchev–Trinajstić information content (AvgIpc) is 2.81. The summed E-state index contributed by atoms with van der Waals surface area (Å²) < 4.78 is 0. The zero-order valence-electron chi connectivity index (χ0n) is 19.1. The van der Waals surface area contributed by atoms with Gasteiger partial charge in [-0.2, -0.15) is 0 Å². The Hall–Kier alpha value is -3.99. The number of nitrogens with one attached hydrogen (secondary N) is 1. The molecule has 0 unspecified atom stereocenters. The minimum absolute atomic E-state index is 0.296. The normalized spacial score (nSPS) is 10.7. The Morgan fingerprint density at radius 3 is 2.65 bits per heavy atom. The van der Waals surface area contributed by atoms with Crippen LogP contribution in [0.4, 0.5) is 11.5 Å². The number of halogens is 1. The highest BCUT2D eigenvalue weighted by Crippen LogP contribution is 2.23. The van der Waals surface area contributed by atoms with E-state index in [-0.39, 0.29) is 5.91 Å². The number of aryl methyl sites for hydroxylation is 1. The molecule has 0 radical (unpaired) electrons. The van der Waals surface area contributed by atoms with Crippen molar-refractivity contribution in [2.45, 2.75) is 13.5 Å². The van der Waals surface area contributed by atoms with Gasteiger partial charge in [0, 0.05) is 46.8 Å². The summed E-state index contributed by atoms with van der Waals surface area (Å²) in [6.07, 6.45) is 4.81. The van der Waals surface area contributed by atoms with Gasteiger partial charge in [-0.05, 0) is 56.9 Å². The van der Waals surface area contributed by atoms with Gasteiger partial charge in [0.2, 0.25) is 0 Å². The lowest BCUT2D eigenvalue weighted by Gasteiger charge is -2.13. The van der Waals surface area contributed by atoms with Crippen molar-refractivity contribution >= 4 is 39.9 Å². The summed E-state index contributed by atoms with van der Waals surface area (Å²) in [6.45, 7) is 2.56. The van der Waals surface area contributed by atoms with Crippen LogP contribution in [0.25, 0.3) is 10.9 Å². The van der Waals surface area contributed by atoms with Gasteiger partial charge in [-0.25, -0.2) is 4.98 Å². The first-order valence-electron chi connectivity index (χ1n) is 10.5. The van der Waals surface area contributed by atoms with Crippen molar-refractivity contribution in [2.75, 3.05) is 25.1 Å². The Labute approximate surface area is 203 Å². The van der Waals surface area contributed by atoms with Crippen LogP contribution in [0.2, 0.25) is 5.02 Å². The van der Waals surface area contributed by atoms with Crippen LogP contribution in [0.1, 0.15) is 32.7 Å². The third kappa shape index (κ3) is 5.15. The van der Waals surface area contributed by atoms with Gasteiger partial charge in [0.1, 0.15) is 11.3 Å². The summed E-state index contributed by atoms with van der Waals surface area (Å²) in [5.41, 5.74) is 10.6. The monoisotopic (exact) mass is 470 g/mol. The molecular weight excluding hydrogens is 448 g/mol. The number of hydrogen-bond donors (Lipinski definition) is 2. The van der Waals surface area contributed by atoms with E-state index >= 15 is 0 Å². The number of rotatable bonds is 4. The summed E-state index contributed by atoms with van der Waals surface area (Å²) >= 11 is 6.37. The summed E-state index contributed by atoms with van der Waals surface area (Å²) in [5.74, 6) is 6.28. The highest BCUT2D eigenvalue weighted by atomic mass is 35.5. The lowest BCUT2D eigenvalue weighted by Crippen LogP contribution is -2.14. The molecule has 0 spiro atoms. The van der Waals surface area contributed by atoms with Crippen molar-refractivity contribution in [3.8, 4) is 11.8 Å². The predicted molar refractivity (Wildman–Crippen MR) is 136 cm³/mol. The molecule has 170 valence electrons. The molecule has 0 bridgehead atoms. The number of nitrogens with zero attached hydrogens (tertiary/aromatic N) is 4. The fourth-order valence-corrected chi connectivity index (χ4v) is 3.65. The van der Waals surface area contributed by atoms with Gasteiger partial charge >= 0.3 is 0 Å². The minimum atomic E-state index is -0.296. The number of amides is 1. The highest BCUT2D eigenvalue weighted by Gasteiger charge is 2.11. The first-order valence-corrected chi connectivity index (χ1v) is 10.9. The smallest absolute Gasteiger partial charge is 0.257 e. The second-order valence-electron chi connectivity index (χ2n) is 8.06. The lowest BCUT2D eigenvalue weighted by atomic mass is 10.1. The standard InChI is InChI=1S/C26H23ClN6O/c1-16-17(6-7-18-13-31-25(28)24-22(18)5-4-10-29-24)11-20(14-30-16)26(34)32-21-9-8-19(15-33(2)3)23(27)12-21/h4-5,8-14H,15H2,1-3H3,(H2,28,31)(H,32,34). The van der Waals surface area contributed by atoms with Crippen molar-refractivity contribution in [1.82, 2.24) is 19.9 Å². The summed E-state index contributed by atoms with van der Waals surface area (Å²) in [5, 5.41) is 4.29. The number of fused-ring (bicyclic) bond motifs is 1. The van der Waals surface area contributed by atoms with Crippen LogP contribution in [0.15, 0.2) is 55.0 Å². The molecule has 3 N–H and O–H groups in total. The highest BCUT2D eigenvalue weighted by molar-refractivity contribution is 6.31. The van der Waals surface area contributed by atoms with E-state index in [9.17, 15) is 4.79 Å². The number of nitrogens with two attached hydrogens (primary N) is 1. The molecule has 0 aliphatic heterocycles. The second kappa shape index (κ2) is 9.87. The topological polar surface area (TPSA) is 97.0 Å². The average molecular weight is 471 g/mol.